The van der Waals surface area contributed by atoms with Gasteiger partial charge in [-0.25, -0.2) is 13.1 Å². The van der Waals surface area contributed by atoms with Gasteiger partial charge in [-0.05, 0) is 50.3 Å². The van der Waals surface area contributed by atoms with E-state index in [0.29, 0.717) is 12.2 Å². The van der Waals surface area contributed by atoms with E-state index in [9.17, 15) is 13.2 Å². The summed E-state index contributed by atoms with van der Waals surface area (Å²) in [6, 6.07) is 4.90. The maximum atomic E-state index is 12.6. The number of rotatable bonds is 6. The molecule has 144 valence electrons. The van der Waals surface area contributed by atoms with Crippen molar-refractivity contribution in [3.05, 3.63) is 29.3 Å². The molecule has 0 aromatic heterocycles. The van der Waals surface area contributed by atoms with E-state index in [1.807, 2.05) is 6.92 Å². The fourth-order valence-electron chi connectivity index (χ4n) is 3.61. The van der Waals surface area contributed by atoms with Gasteiger partial charge in [0, 0.05) is 24.8 Å². The zero-order valence-electron chi connectivity index (χ0n) is 15.3. The van der Waals surface area contributed by atoms with Crippen LogP contribution >= 0.6 is 0 Å². The van der Waals surface area contributed by atoms with E-state index in [4.69, 9.17) is 4.74 Å². The standard InChI is InChI=1S/C19H28N2O4S/c1-14-9-10-17(26(23,24)20-13-16-8-5-11-25-16)12-18(14)19(22)21-15-6-3-2-4-7-15/h9-10,12,15-16,20H,2-8,11,13H2,1H3,(H,21,22)/t16-/m1/s1. The minimum Gasteiger partial charge on any atom is -0.377 e. The summed E-state index contributed by atoms with van der Waals surface area (Å²) in [7, 11) is -3.66. The van der Waals surface area contributed by atoms with Crippen LogP contribution in [0.3, 0.4) is 0 Å². The van der Waals surface area contributed by atoms with E-state index in [-0.39, 0.29) is 29.5 Å². The SMILES string of the molecule is Cc1ccc(S(=O)(=O)NC[C@H]2CCCO2)cc1C(=O)NC1CCCCC1. The molecule has 1 saturated heterocycles. The maximum absolute atomic E-state index is 12.6. The molecule has 26 heavy (non-hydrogen) atoms. The smallest absolute Gasteiger partial charge is 0.251 e. The predicted octanol–water partition coefficient (Wildman–Crippen LogP) is 2.51. The lowest BCUT2D eigenvalue weighted by Gasteiger charge is -2.23. The molecule has 1 atom stereocenters. The summed E-state index contributed by atoms with van der Waals surface area (Å²) in [5.41, 5.74) is 1.20. The van der Waals surface area contributed by atoms with Gasteiger partial charge >= 0.3 is 0 Å². The van der Waals surface area contributed by atoms with Crippen molar-refractivity contribution in [1.29, 1.82) is 0 Å². The molecular weight excluding hydrogens is 352 g/mol. The fraction of sp³-hybridized carbons (Fsp3) is 0.632. The Balaban J connectivity index is 1.70. The van der Waals surface area contributed by atoms with Gasteiger partial charge in [0.05, 0.1) is 11.0 Å². The van der Waals surface area contributed by atoms with Crippen LogP contribution in [0.2, 0.25) is 0 Å². The first-order valence-corrected chi connectivity index (χ1v) is 11.0. The summed E-state index contributed by atoms with van der Waals surface area (Å²) in [5.74, 6) is -0.189. The first-order valence-electron chi connectivity index (χ1n) is 9.48. The Kier molecular flexibility index (Phi) is 6.32. The van der Waals surface area contributed by atoms with Gasteiger partial charge in [0.2, 0.25) is 10.0 Å². The second-order valence-corrected chi connectivity index (χ2v) is 9.04. The number of ether oxygens (including phenoxy) is 1. The first-order chi connectivity index (χ1) is 12.5. The highest BCUT2D eigenvalue weighted by Crippen LogP contribution is 2.20. The van der Waals surface area contributed by atoms with E-state index in [2.05, 4.69) is 10.0 Å². The van der Waals surface area contributed by atoms with Crippen molar-refractivity contribution in [2.75, 3.05) is 13.2 Å². The minimum absolute atomic E-state index is 0.0655. The molecule has 0 unspecified atom stereocenters. The summed E-state index contributed by atoms with van der Waals surface area (Å²) >= 11 is 0. The van der Waals surface area contributed by atoms with E-state index >= 15 is 0 Å². The Morgan fingerprint density at radius 3 is 2.62 bits per heavy atom. The maximum Gasteiger partial charge on any atom is 0.251 e. The Hall–Kier alpha value is -1.44. The molecule has 0 bridgehead atoms. The van der Waals surface area contributed by atoms with Crippen LogP contribution in [0, 0.1) is 6.92 Å². The van der Waals surface area contributed by atoms with Crippen LogP contribution in [-0.4, -0.2) is 39.6 Å². The van der Waals surface area contributed by atoms with E-state index < -0.39 is 10.0 Å². The third-order valence-corrected chi connectivity index (χ3v) is 6.65. The van der Waals surface area contributed by atoms with Crippen LogP contribution in [-0.2, 0) is 14.8 Å². The zero-order chi connectivity index (χ0) is 18.6. The number of hydrogen-bond donors (Lipinski definition) is 2. The number of nitrogens with one attached hydrogen (secondary N) is 2. The molecule has 7 heteroatoms. The van der Waals surface area contributed by atoms with Crippen molar-refractivity contribution >= 4 is 15.9 Å². The van der Waals surface area contributed by atoms with Crippen LogP contribution in [0.25, 0.3) is 0 Å². The molecule has 1 aromatic rings. The normalized spacial score (nSPS) is 21.7. The lowest BCUT2D eigenvalue weighted by molar-refractivity contribution is 0.0927. The van der Waals surface area contributed by atoms with Gasteiger partial charge in [0.1, 0.15) is 0 Å². The Morgan fingerprint density at radius 1 is 1.15 bits per heavy atom. The lowest BCUT2D eigenvalue weighted by Crippen LogP contribution is -2.36. The van der Waals surface area contributed by atoms with Crippen molar-refractivity contribution in [1.82, 2.24) is 10.0 Å². The average molecular weight is 381 g/mol. The second-order valence-electron chi connectivity index (χ2n) is 7.27. The van der Waals surface area contributed by atoms with Gasteiger partial charge in [0.25, 0.3) is 5.91 Å². The predicted molar refractivity (Wildman–Crippen MR) is 99.7 cm³/mol. The summed E-state index contributed by atoms with van der Waals surface area (Å²) in [4.78, 5) is 12.8. The lowest BCUT2D eigenvalue weighted by atomic mass is 9.95. The van der Waals surface area contributed by atoms with Crippen molar-refractivity contribution < 1.29 is 17.9 Å². The number of carbonyl (C=O) groups is 1. The van der Waals surface area contributed by atoms with E-state index in [1.54, 1.807) is 12.1 Å². The fourth-order valence-corrected chi connectivity index (χ4v) is 4.71. The van der Waals surface area contributed by atoms with Crippen LogP contribution in [0.5, 0.6) is 0 Å². The summed E-state index contributed by atoms with van der Waals surface area (Å²) in [5, 5.41) is 3.06. The molecule has 2 N–H and O–H groups in total. The molecule has 6 nitrogen and oxygen atoms in total. The topological polar surface area (TPSA) is 84.5 Å². The molecule has 1 aliphatic carbocycles. The van der Waals surface area contributed by atoms with Gasteiger partial charge in [-0.15, -0.1) is 0 Å². The molecule has 3 rings (SSSR count). The van der Waals surface area contributed by atoms with Gasteiger partial charge in [-0.1, -0.05) is 25.3 Å². The van der Waals surface area contributed by atoms with Crippen molar-refractivity contribution in [3.63, 3.8) is 0 Å². The van der Waals surface area contributed by atoms with Crippen LogP contribution in [0.4, 0.5) is 0 Å². The van der Waals surface area contributed by atoms with Crippen LogP contribution < -0.4 is 10.0 Å². The monoisotopic (exact) mass is 380 g/mol. The van der Waals surface area contributed by atoms with E-state index in [0.717, 1.165) is 44.1 Å². The number of sulfonamides is 1. The van der Waals surface area contributed by atoms with Gasteiger partial charge in [-0.3, -0.25) is 4.79 Å². The molecule has 2 fully saturated rings. The first kappa shape index (κ1) is 19.3. The number of aryl methyl sites for hydroxylation is 1. The molecule has 2 aliphatic rings. The Bertz CT molecular complexity index is 736. The molecule has 1 heterocycles. The molecule has 1 amide bonds. The number of amides is 1. The molecule has 1 saturated carbocycles. The number of benzene rings is 1. The summed E-state index contributed by atoms with van der Waals surface area (Å²) < 4.78 is 33.2. The minimum atomic E-state index is -3.66. The highest BCUT2D eigenvalue weighted by atomic mass is 32.2. The third kappa shape index (κ3) is 4.84. The van der Waals surface area contributed by atoms with E-state index in [1.165, 1.54) is 12.5 Å². The quantitative estimate of drug-likeness (QED) is 0.794. The summed E-state index contributed by atoms with van der Waals surface area (Å²) in [6.45, 7) is 2.77. The van der Waals surface area contributed by atoms with Crippen molar-refractivity contribution in [2.45, 2.75) is 68.9 Å². The molecule has 1 aromatic carbocycles. The molecule has 0 spiro atoms. The van der Waals surface area contributed by atoms with Crippen LogP contribution in [0.1, 0.15) is 60.9 Å². The molecular formula is C19H28N2O4S. The Morgan fingerprint density at radius 2 is 1.92 bits per heavy atom. The highest BCUT2D eigenvalue weighted by molar-refractivity contribution is 7.89. The number of hydrogen-bond acceptors (Lipinski definition) is 4. The average Bonchev–Trinajstić information content (AvgIpc) is 3.15. The largest absolute Gasteiger partial charge is 0.377 e. The van der Waals surface area contributed by atoms with Gasteiger partial charge in [0.15, 0.2) is 0 Å². The zero-order valence-corrected chi connectivity index (χ0v) is 16.1. The molecule has 0 radical (unpaired) electrons. The van der Waals surface area contributed by atoms with Crippen molar-refractivity contribution in [3.8, 4) is 0 Å². The molecule has 1 aliphatic heterocycles. The van der Waals surface area contributed by atoms with Crippen molar-refractivity contribution in [2.24, 2.45) is 0 Å². The number of carbonyl (C=O) groups excluding carboxylic acids is 1. The Labute approximate surface area is 155 Å². The van der Waals surface area contributed by atoms with Crippen LogP contribution in [0.15, 0.2) is 23.1 Å². The summed E-state index contributed by atoms with van der Waals surface area (Å²) in [6.07, 6.45) is 7.22. The van der Waals surface area contributed by atoms with Gasteiger partial charge < -0.3 is 10.1 Å². The highest BCUT2D eigenvalue weighted by Gasteiger charge is 2.23. The third-order valence-electron chi connectivity index (χ3n) is 5.23. The second kappa shape index (κ2) is 8.50. The van der Waals surface area contributed by atoms with Gasteiger partial charge in [-0.2, -0.15) is 0 Å².